The largest absolute Gasteiger partial charge is 0.394 e. The summed E-state index contributed by atoms with van der Waals surface area (Å²) in [7, 11) is 0. The van der Waals surface area contributed by atoms with Crippen LogP contribution in [0, 0.1) is 0 Å². The van der Waals surface area contributed by atoms with Crippen molar-refractivity contribution in [2.45, 2.75) is 12.8 Å². The van der Waals surface area contributed by atoms with E-state index in [1.165, 1.54) is 0 Å². The first-order valence-corrected chi connectivity index (χ1v) is 4.32. The van der Waals surface area contributed by atoms with Crippen LogP contribution in [-0.4, -0.2) is 44.0 Å². The highest BCUT2D eigenvalue weighted by atomic mass is 16.5. The Morgan fingerprint density at radius 1 is 1.15 bits per heavy atom. The summed E-state index contributed by atoms with van der Waals surface area (Å²) in [6.45, 7) is 1.84. The fourth-order valence-electron chi connectivity index (χ4n) is 0.735. The van der Waals surface area contributed by atoms with Crippen LogP contribution >= 0.6 is 0 Å². The van der Waals surface area contributed by atoms with Crippen LogP contribution in [0.4, 0.5) is 0 Å². The molecule has 0 aromatic rings. The Morgan fingerprint density at radius 3 is 2.31 bits per heavy atom. The molecular formula is C8H17NO4. The molecule has 0 bridgehead atoms. The van der Waals surface area contributed by atoms with E-state index in [1.807, 2.05) is 0 Å². The first-order chi connectivity index (χ1) is 6.27. The predicted octanol–water partition coefficient (Wildman–Crippen LogP) is -0.723. The minimum absolute atomic E-state index is 0.0294. The van der Waals surface area contributed by atoms with Crippen LogP contribution in [0.25, 0.3) is 0 Å². The number of amides is 1. The first-order valence-electron chi connectivity index (χ1n) is 4.32. The smallest absolute Gasteiger partial charge is 0.217 e. The summed E-state index contributed by atoms with van der Waals surface area (Å²) in [5.41, 5.74) is 4.93. The molecule has 13 heavy (non-hydrogen) atoms. The average molecular weight is 191 g/mol. The highest BCUT2D eigenvalue weighted by Gasteiger charge is 1.94. The molecule has 0 aromatic carbocycles. The lowest BCUT2D eigenvalue weighted by Crippen LogP contribution is -2.12. The highest BCUT2D eigenvalue weighted by molar-refractivity contribution is 5.73. The maximum Gasteiger partial charge on any atom is 0.217 e. The minimum Gasteiger partial charge on any atom is -0.394 e. The second kappa shape index (κ2) is 9.44. The summed E-state index contributed by atoms with van der Waals surface area (Å²) in [4.78, 5) is 10.3. The lowest BCUT2D eigenvalue weighted by Gasteiger charge is -2.03. The van der Waals surface area contributed by atoms with Gasteiger partial charge in [-0.25, -0.2) is 0 Å². The van der Waals surface area contributed by atoms with E-state index in [0.29, 0.717) is 39.3 Å². The topological polar surface area (TPSA) is 81.8 Å². The number of nitrogens with two attached hydrogens (primary N) is 1. The Balaban J connectivity index is 2.87. The van der Waals surface area contributed by atoms with Crippen molar-refractivity contribution in [3.05, 3.63) is 0 Å². The van der Waals surface area contributed by atoms with Crippen molar-refractivity contribution in [3.63, 3.8) is 0 Å². The van der Waals surface area contributed by atoms with Crippen molar-refractivity contribution in [1.82, 2.24) is 0 Å². The normalized spacial score (nSPS) is 10.2. The van der Waals surface area contributed by atoms with Crippen molar-refractivity contribution < 1.29 is 19.4 Å². The third-order valence-corrected chi connectivity index (χ3v) is 1.32. The second-order valence-electron chi connectivity index (χ2n) is 2.52. The van der Waals surface area contributed by atoms with Gasteiger partial charge in [0.25, 0.3) is 0 Å². The van der Waals surface area contributed by atoms with E-state index in [9.17, 15) is 4.79 Å². The van der Waals surface area contributed by atoms with Crippen LogP contribution in [0.15, 0.2) is 0 Å². The summed E-state index contributed by atoms with van der Waals surface area (Å²) in [5.74, 6) is -0.305. The molecule has 5 heteroatoms. The van der Waals surface area contributed by atoms with Crippen LogP contribution in [0.3, 0.4) is 0 Å². The average Bonchev–Trinajstić information content (AvgIpc) is 2.09. The van der Waals surface area contributed by atoms with Gasteiger partial charge in [-0.2, -0.15) is 0 Å². The third kappa shape index (κ3) is 11.3. The molecule has 0 aliphatic carbocycles. The standard InChI is InChI=1S/C8H17NO4/c9-8(11)2-1-4-12-6-7-13-5-3-10/h10H,1-7H2,(H2,9,11). The molecule has 0 rings (SSSR count). The lowest BCUT2D eigenvalue weighted by molar-refractivity contribution is -0.118. The van der Waals surface area contributed by atoms with Gasteiger partial charge in [-0.1, -0.05) is 0 Å². The number of hydrogen-bond acceptors (Lipinski definition) is 4. The van der Waals surface area contributed by atoms with E-state index in [-0.39, 0.29) is 12.5 Å². The van der Waals surface area contributed by atoms with Crippen molar-refractivity contribution in [2.75, 3.05) is 33.0 Å². The number of rotatable bonds is 9. The van der Waals surface area contributed by atoms with E-state index in [4.69, 9.17) is 20.3 Å². The van der Waals surface area contributed by atoms with E-state index in [0.717, 1.165) is 0 Å². The molecule has 0 aliphatic heterocycles. The Kier molecular flexibility index (Phi) is 8.97. The molecule has 0 aliphatic rings. The van der Waals surface area contributed by atoms with E-state index < -0.39 is 0 Å². The van der Waals surface area contributed by atoms with E-state index in [1.54, 1.807) is 0 Å². The number of ether oxygens (including phenoxy) is 2. The Labute approximate surface area is 77.8 Å². The van der Waals surface area contributed by atoms with Gasteiger partial charge in [0.05, 0.1) is 26.4 Å². The van der Waals surface area contributed by atoms with Crippen molar-refractivity contribution in [3.8, 4) is 0 Å². The van der Waals surface area contributed by atoms with Gasteiger partial charge in [-0.15, -0.1) is 0 Å². The summed E-state index contributed by atoms with van der Waals surface area (Å²) >= 11 is 0. The second-order valence-corrected chi connectivity index (χ2v) is 2.52. The van der Waals surface area contributed by atoms with Gasteiger partial charge in [0.2, 0.25) is 5.91 Å². The molecule has 78 valence electrons. The van der Waals surface area contributed by atoms with Crippen molar-refractivity contribution in [1.29, 1.82) is 0 Å². The number of carbonyl (C=O) groups is 1. The molecule has 0 spiro atoms. The van der Waals surface area contributed by atoms with Gasteiger partial charge >= 0.3 is 0 Å². The van der Waals surface area contributed by atoms with Gasteiger partial charge < -0.3 is 20.3 Å². The molecule has 0 saturated heterocycles. The van der Waals surface area contributed by atoms with Crippen LogP contribution in [-0.2, 0) is 14.3 Å². The Bertz CT molecular complexity index is 129. The molecule has 0 aromatic heterocycles. The molecular weight excluding hydrogens is 174 g/mol. The Morgan fingerprint density at radius 2 is 1.77 bits per heavy atom. The lowest BCUT2D eigenvalue weighted by atomic mass is 10.3. The minimum atomic E-state index is -0.305. The van der Waals surface area contributed by atoms with Crippen LogP contribution < -0.4 is 5.73 Å². The van der Waals surface area contributed by atoms with E-state index in [2.05, 4.69) is 0 Å². The molecule has 0 atom stereocenters. The zero-order chi connectivity index (χ0) is 9.94. The number of aliphatic hydroxyl groups is 1. The van der Waals surface area contributed by atoms with Crippen molar-refractivity contribution >= 4 is 5.91 Å². The quantitative estimate of drug-likeness (QED) is 0.471. The maximum absolute atomic E-state index is 10.3. The molecule has 0 unspecified atom stereocenters. The number of primary amides is 1. The maximum atomic E-state index is 10.3. The first kappa shape index (κ1) is 12.3. The fraction of sp³-hybridized carbons (Fsp3) is 0.875. The summed E-state index contributed by atoms with van der Waals surface area (Å²) in [6.07, 6.45) is 1.01. The van der Waals surface area contributed by atoms with Gasteiger partial charge in [0.1, 0.15) is 0 Å². The molecule has 5 nitrogen and oxygen atoms in total. The van der Waals surface area contributed by atoms with Gasteiger partial charge in [0, 0.05) is 13.0 Å². The van der Waals surface area contributed by atoms with E-state index >= 15 is 0 Å². The van der Waals surface area contributed by atoms with Crippen LogP contribution in [0.2, 0.25) is 0 Å². The summed E-state index contributed by atoms with van der Waals surface area (Å²) < 4.78 is 10.1. The summed E-state index contributed by atoms with van der Waals surface area (Å²) in [6, 6.07) is 0. The zero-order valence-electron chi connectivity index (χ0n) is 7.70. The molecule has 3 N–H and O–H groups in total. The fourth-order valence-corrected chi connectivity index (χ4v) is 0.735. The van der Waals surface area contributed by atoms with Gasteiger partial charge in [0.15, 0.2) is 0 Å². The van der Waals surface area contributed by atoms with Crippen LogP contribution in [0.1, 0.15) is 12.8 Å². The third-order valence-electron chi connectivity index (χ3n) is 1.32. The highest BCUT2D eigenvalue weighted by Crippen LogP contribution is 1.88. The zero-order valence-corrected chi connectivity index (χ0v) is 7.70. The molecule has 1 amide bonds. The SMILES string of the molecule is NC(=O)CCCOCCOCCO. The number of carbonyl (C=O) groups excluding carboxylic acids is 1. The van der Waals surface area contributed by atoms with Gasteiger partial charge in [-0.3, -0.25) is 4.79 Å². The van der Waals surface area contributed by atoms with Crippen molar-refractivity contribution in [2.24, 2.45) is 5.73 Å². The molecule has 0 fully saturated rings. The number of aliphatic hydroxyl groups excluding tert-OH is 1. The van der Waals surface area contributed by atoms with Crippen LogP contribution in [0.5, 0.6) is 0 Å². The van der Waals surface area contributed by atoms with Gasteiger partial charge in [-0.05, 0) is 6.42 Å². The molecule has 0 radical (unpaired) electrons. The monoisotopic (exact) mass is 191 g/mol. The Hall–Kier alpha value is -0.650. The molecule has 0 heterocycles. The molecule has 0 saturated carbocycles. The predicted molar refractivity (Wildman–Crippen MR) is 47.2 cm³/mol. The number of hydrogen-bond donors (Lipinski definition) is 2. The summed E-state index contributed by atoms with van der Waals surface area (Å²) in [5, 5.41) is 8.35.